The molecule has 140 valence electrons. The van der Waals surface area contributed by atoms with Crippen LogP contribution in [0.2, 0.25) is 0 Å². The van der Waals surface area contributed by atoms with Crippen LogP contribution >= 0.6 is 0 Å². The summed E-state index contributed by atoms with van der Waals surface area (Å²) in [5.41, 5.74) is -0.0192. The van der Waals surface area contributed by atoms with E-state index in [9.17, 15) is 14.4 Å². The van der Waals surface area contributed by atoms with Gasteiger partial charge < -0.3 is 20.1 Å². The Labute approximate surface area is 151 Å². The molecular formula is C18H23N3O5. The SMILES string of the molecule is COc1ccc(C(C)NC(=O)CN2C(=O)NC3(CCOCC3)C2=O)cc1. The maximum Gasteiger partial charge on any atom is 0.325 e. The molecule has 0 radical (unpaired) electrons. The largest absolute Gasteiger partial charge is 0.497 e. The third-order valence-corrected chi connectivity index (χ3v) is 4.89. The van der Waals surface area contributed by atoms with E-state index < -0.39 is 11.6 Å². The van der Waals surface area contributed by atoms with Crippen molar-refractivity contribution in [3.05, 3.63) is 29.8 Å². The van der Waals surface area contributed by atoms with E-state index in [4.69, 9.17) is 9.47 Å². The molecule has 8 heteroatoms. The van der Waals surface area contributed by atoms with E-state index in [1.807, 2.05) is 31.2 Å². The number of amides is 4. The Kier molecular flexibility index (Phi) is 5.13. The first kappa shape index (κ1) is 18.2. The summed E-state index contributed by atoms with van der Waals surface area (Å²) in [4.78, 5) is 38.1. The van der Waals surface area contributed by atoms with Crippen molar-refractivity contribution in [3.8, 4) is 5.75 Å². The lowest BCUT2D eigenvalue weighted by molar-refractivity contribution is -0.137. The fourth-order valence-corrected chi connectivity index (χ4v) is 3.29. The smallest absolute Gasteiger partial charge is 0.325 e. The van der Waals surface area contributed by atoms with Gasteiger partial charge in [0.15, 0.2) is 0 Å². The molecule has 2 N–H and O–H groups in total. The normalized spacial score (nSPS) is 20.0. The van der Waals surface area contributed by atoms with Gasteiger partial charge in [-0.2, -0.15) is 0 Å². The number of nitrogens with one attached hydrogen (secondary N) is 2. The molecule has 1 aromatic rings. The first-order chi connectivity index (χ1) is 12.4. The molecule has 1 aromatic carbocycles. The second-order valence-corrected chi connectivity index (χ2v) is 6.58. The van der Waals surface area contributed by atoms with Crippen molar-refractivity contribution < 1.29 is 23.9 Å². The lowest BCUT2D eigenvalue weighted by atomic mass is 9.90. The number of hydrogen-bond donors (Lipinski definition) is 2. The molecule has 0 aliphatic carbocycles. The summed E-state index contributed by atoms with van der Waals surface area (Å²) >= 11 is 0. The van der Waals surface area contributed by atoms with Crippen molar-refractivity contribution in [2.24, 2.45) is 0 Å². The van der Waals surface area contributed by atoms with E-state index in [-0.39, 0.29) is 24.4 Å². The summed E-state index contributed by atoms with van der Waals surface area (Å²) in [5, 5.41) is 5.55. The molecule has 0 bridgehead atoms. The first-order valence-corrected chi connectivity index (χ1v) is 8.60. The fourth-order valence-electron chi connectivity index (χ4n) is 3.29. The lowest BCUT2D eigenvalue weighted by Gasteiger charge is -2.30. The second kappa shape index (κ2) is 7.33. The van der Waals surface area contributed by atoms with Gasteiger partial charge in [0.05, 0.1) is 13.2 Å². The molecule has 1 atom stereocenters. The third kappa shape index (κ3) is 3.50. The maximum absolute atomic E-state index is 12.6. The zero-order valence-corrected chi connectivity index (χ0v) is 14.9. The number of urea groups is 1. The standard InChI is InChI=1S/C18H23N3O5/c1-12(13-3-5-14(25-2)6-4-13)19-15(22)11-21-16(23)18(20-17(21)24)7-9-26-10-8-18/h3-6,12H,7-11H2,1-2H3,(H,19,22)(H,20,24). The number of hydrogen-bond acceptors (Lipinski definition) is 5. The number of imide groups is 1. The van der Waals surface area contributed by atoms with Crippen LogP contribution in [0.25, 0.3) is 0 Å². The average Bonchev–Trinajstić information content (AvgIpc) is 2.86. The molecule has 2 aliphatic rings. The van der Waals surface area contributed by atoms with Crippen LogP contribution in [0.15, 0.2) is 24.3 Å². The lowest BCUT2D eigenvalue weighted by Crippen LogP contribution is -2.51. The van der Waals surface area contributed by atoms with E-state index >= 15 is 0 Å². The maximum atomic E-state index is 12.6. The predicted molar refractivity (Wildman–Crippen MR) is 92.6 cm³/mol. The van der Waals surface area contributed by atoms with Gasteiger partial charge in [-0.25, -0.2) is 4.79 Å². The van der Waals surface area contributed by atoms with Crippen LogP contribution in [0, 0.1) is 0 Å². The van der Waals surface area contributed by atoms with Crippen molar-refractivity contribution in [2.75, 3.05) is 26.9 Å². The minimum atomic E-state index is -0.919. The van der Waals surface area contributed by atoms with E-state index in [1.54, 1.807) is 7.11 Å². The number of rotatable bonds is 5. The first-order valence-electron chi connectivity index (χ1n) is 8.60. The summed E-state index contributed by atoms with van der Waals surface area (Å²) in [6.45, 7) is 2.38. The summed E-state index contributed by atoms with van der Waals surface area (Å²) in [6, 6.07) is 6.55. The second-order valence-electron chi connectivity index (χ2n) is 6.58. The Bertz CT molecular complexity index is 697. The van der Waals surface area contributed by atoms with Crippen LogP contribution in [0.1, 0.15) is 31.4 Å². The minimum Gasteiger partial charge on any atom is -0.497 e. The molecule has 2 fully saturated rings. The minimum absolute atomic E-state index is 0.258. The quantitative estimate of drug-likeness (QED) is 0.762. The summed E-state index contributed by atoms with van der Waals surface area (Å²) in [6.07, 6.45) is 0.857. The van der Waals surface area contributed by atoms with Crippen molar-refractivity contribution in [2.45, 2.75) is 31.3 Å². The Morgan fingerprint density at radius 1 is 1.31 bits per heavy atom. The molecule has 4 amide bonds. The number of nitrogens with zero attached hydrogens (tertiary/aromatic N) is 1. The number of ether oxygens (including phenoxy) is 2. The Morgan fingerprint density at radius 3 is 2.58 bits per heavy atom. The molecule has 2 heterocycles. The number of carbonyl (C=O) groups is 3. The molecule has 1 unspecified atom stereocenters. The third-order valence-electron chi connectivity index (χ3n) is 4.89. The van der Waals surface area contributed by atoms with E-state index in [2.05, 4.69) is 10.6 Å². The summed E-state index contributed by atoms with van der Waals surface area (Å²) in [5.74, 6) is -0.00708. The average molecular weight is 361 g/mol. The van der Waals surface area contributed by atoms with Gasteiger partial charge in [0, 0.05) is 26.1 Å². The monoisotopic (exact) mass is 361 g/mol. The van der Waals surface area contributed by atoms with E-state index in [1.165, 1.54) is 0 Å². The Morgan fingerprint density at radius 2 is 1.96 bits per heavy atom. The van der Waals surface area contributed by atoms with Crippen LogP contribution in [-0.4, -0.2) is 55.2 Å². The highest BCUT2D eigenvalue weighted by Crippen LogP contribution is 2.28. The molecule has 1 spiro atoms. The van der Waals surface area contributed by atoms with Crippen LogP contribution < -0.4 is 15.4 Å². The zero-order chi connectivity index (χ0) is 18.7. The van der Waals surface area contributed by atoms with Gasteiger partial charge in [0.1, 0.15) is 17.8 Å². The Balaban J connectivity index is 1.60. The number of benzene rings is 1. The van der Waals surface area contributed by atoms with Gasteiger partial charge in [0.2, 0.25) is 5.91 Å². The van der Waals surface area contributed by atoms with Crippen LogP contribution in [0.5, 0.6) is 5.75 Å². The molecule has 2 saturated heterocycles. The molecule has 0 aromatic heterocycles. The van der Waals surface area contributed by atoms with Crippen molar-refractivity contribution in [1.29, 1.82) is 0 Å². The zero-order valence-electron chi connectivity index (χ0n) is 14.9. The number of methoxy groups -OCH3 is 1. The van der Waals surface area contributed by atoms with Crippen molar-refractivity contribution in [1.82, 2.24) is 15.5 Å². The van der Waals surface area contributed by atoms with Crippen LogP contribution in [0.3, 0.4) is 0 Å². The molecule has 3 rings (SSSR count). The van der Waals surface area contributed by atoms with Crippen LogP contribution in [0.4, 0.5) is 4.79 Å². The highest BCUT2D eigenvalue weighted by molar-refractivity contribution is 6.09. The highest BCUT2D eigenvalue weighted by Gasteiger charge is 2.52. The van der Waals surface area contributed by atoms with Gasteiger partial charge >= 0.3 is 6.03 Å². The van der Waals surface area contributed by atoms with Gasteiger partial charge in [-0.15, -0.1) is 0 Å². The topological polar surface area (TPSA) is 97.0 Å². The molecule has 2 aliphatic heterocycles. The van der Waals surface area contributed by atoms with Gasteiger partial charge in [-0.1, -0.05) is 12.1 Å². The van der Waals surface area contributed by atoms with Gasteiger partial charge in [-0.3, -0.25) is 14.5 Å². The van der Waals surface area contributed by atoms with Crippen LogP contribution in [-0.2, 0) is 14.3 Å². The fraction of sp³-hybridized carbons (Fsp3) is 0.500. The highest BCUT2D eigenvalue weighted by atomic mass is 16.5. The van der Waals surface area contributed by atoms with E-state index in [0.717, 1.165) is 16.2 Å². The van der Waals surface area contributed by atoms with E-state index in [0.29, 0.717) is 26.1 Å². The number of carbonyl (C=O) groups excluding carboxylic acids is 3. The van der Waals surface area contributed by atoms with Crippen molar-refractivity contribution in [3.63, 3.8) is 0 Å². The molecule has 26 heavy (non-hydrogen) atoms. The summed E-state index contributed by atoms with van der Waals surface area (Å²) < 4.78 is 10.4. The van der Waals surface area contributed by atoms with Gasteiger partial charge in [0.25, 0.3) is 5.91 Å². The summed E-state index contributed by atoms with van der Waals surface area (Å²) in [7, 11) is 1.59. The molecule has 0 saturated carbocycles. The molecule has 8 nitrogen and oxygen atoms in total. The molecular weight excluding hydrogens is 338 g/mol. The Hall–Kier alpha value is -2.61. The van der Waals surface area contributed by atoms with Crippen molar-refractivity contribution >= 4 is 17.8 Å². The predicted octanol–water partition coefficient (Wildman–Crippen LogP) is 0.973. The van der Waals surface area contributed by atoms with Gasteiger partial charge in [-0.05, 0) is 24.6 Å².